The van der Waals surface area contributed by atoms with E-state index in [1.54, 1.807) is 6.07 Å². The number of pyridine rings is 1. The first kappa shape index (κ1) is 18.5. The first-order valence-electron chi connectivity index (χ1n) is 8.68. The molecule has 1 aromatic heterocycles. The zero-order valence-electron chi connectivity index (χ0n) is 14.4. The fourth-order valence-electron chi connectivity index (χ4n) is 3.19. The molecule has 0 spiro atoms. The van der Waals surface area contributed by atoms with E-state index in [0.717, 1.165) is 60.8 Å². The van der Waals surface area contributed by atoms with E-state index in [1.165, 1.54) is 24.5 Å². The Kier molecular flexibility index (Phi) is 5.61. The van der Waals surface area contributed by atoms with Crippen LogP contribution >= 0.6 is 0 Å². The van der Waals surface area contributed by atoms with Crippen molar-refractivity contribution in [3.63, 3.8) is 0 Å². The van der Waals surface area contributed by atoms with Crippen molar-refractivity contribution in [1.29, 1.82) is 0 Å². The maximum Gasteiger partial charge on any atom is 0.416 e. The topological polar surface area (TPSA) is 30.2 Å². The molecule has 0 bridgehead atoms. The predicted molar refractivity (Wildman–Crippen MR) is 94.2 cm³/mol. The van der Waals surface area contributed by atoms with Gasteiger partial charge in [-0.15, -0.1) is 0 Å². The van der Waals surface area contributed by atoms with Crippen LogP contribution in [-0.2, 0) is 12.6 Å². The highest BCUT2D eigenvalue weighted by molar-refractivity contribution is 5.67. The summed E-state index contributed by atoms with van der Waals surface area (Å²) in [5.41, 5.74) is 2.18. The molecule has 6 heteroatoms. The minimum atomic E-state index is -4.31. The summed E-state index contributed by atoms with van der Waals surface area (Å²) in [5, 5.41) is 11.0. The molecule has 0 saturated carbocycles. The van der Waals surface area contributed by atoms with Crippen molar-refractivity contribution in [2.24, 2.45) is 0 Å². The van der Waals surface area contributed by atoms with Gasteiger partial charge in [-0.05, 0) is 54.6 Å². The Hall–Kier alpha value is -2.34. The highest BCUT2D eigenvalue weighted by atomic mass is 19.4. The Balaban J connectivity index is 1.53. The van der Waals surface area contributed by atoms with Gasteiger partial charge in [-0.2, -0.15) is 17.9 Å². The largest absolute Gasteiger partial charge is 0.619 e. The lowest BCUT2D eigenvalue weighted by atomic mass is 9.97. The fourth-order valence-corrected chi connectivity index (χ4v) is 3.19. The monoisotopic (exact) mass is 362 g/mol. The smallest absolute Gasteiger partial charge is 0.416 e. The average Bonchev–Trinajstić information content (AvgIpc) is 2.63. The second kappa shape index (κ2) is 7.91. The summed E-state index contributed by atoms with van der Waals surface area (Å²) < 4.78 is 39.3. The fraction of sp³-hybridized carbons (Fsp3) is 0.350. The normalized spacial score (nSPS) is 15.7. The van der Waals surface area contributed by atoms with Crippen molar-refractivity contribution in [2.45, 2.75) is 25.4 Å². The molecule has 1 aromatic carbocycles. The van der Waals surface area contributed by atoms with Gasteiger partial charge in [0.2, 0.25) is 0 Å². The highest BCUT2D eigenvalue weighted by Gasteiger charge is 2.30. The van der Waals surface area contributed by atoms with E-state index in [-0.39, 0.29) is 0 Å². The van der Waals surface area contributed by atoms with Crippen molar-refractivity contribution in [1.82, 2.24) is 4.90 Å². The van der Waals surface area contributed by atoms with Crippen LogP contribution in [0.5, 0.6) is 0 Å². The summed E-state index contributed by atoms with van der Waals surface area (Å²) in [4.78, 5) is 2.30. The van der Waals surface area contributed by atoms with Crippen molar-refractivity contribution < 1.29 is 17.9 Å². The minimum absolute atomic E-state index is 0.597. The number of hydrogen-bond acceptors (Lipinski definition) is 2. The van der Waals surface area contributed by atoms with E-state index in [4.69, 9.17) is 0 Å². The molecular formula is C20H21F3N2O. The van der Waals surface area contributed by atoms with Crippen LogP contribution in [0.2, 0.25) is 0 Å². The van der Waals surface area contributed by atoms with E-state index >= 15 is 0 Å². The first-order chi connectivity index (χ1) is 12.4. The van der Waals surface area contributed by atoms with Crippen LogP contribution in [0.25, 0.3) is 5.57 Å². The van der Waals surface area contributed by atoms with Crippen LogP contribution in [0, 0.1) is 5.21 Å². The van der Waals surface area contributed by atoms with E-state index in [0.29, 0.717) is 5.56 Å². The van der Waals surface area contributed by atoms with E-state index < -0.39 is 11.7 Å². The number of halogens is 3. The van der Waals surface area contributed by atoms with Gasteiger partial charge in [-0.25, -0.2) is 0 Å². The Labute approximate surface area is 151 Å². The van der Waals surface area contributed by atoms with Crippen LogP contribution in [0.1, 0.15) is 29.5 Å². The quantitative estimate of drug-likeness (QED) is 0.593. The summed E-state index contributed by atoms with van der Waals surface area (Å²) in [5.74, 6) is 0. The molecule has 0 saturated heterocycles. The van der Waals surface area contributed by atoms with Crippen LogP contribution in [0.15, 0.2) is 54.9 Å². The average molecular weight is 362 g/mol. The van der Waals surface area contributed by atoms with Crippen molar-refractivity contribution >= 4 is 5.57 Å². The summed E-state index contributed by atoms with van der Waals surface area (Å²) in [6.45, 7) is 2.52. The van der Waals surface area contributed by atoms with Gasteiger partial charge < -0.3 is 5.21 Å². The Morgan fingerprint density at radius 1 is 1.12 bits per heavy atom. The van der Waals surface area contributed by atoms with Crippen LogP contribution < -0.4 is 4.73 Å². The molecule has 0 radical (unpaired) electrons. The molecule has 1 aliphatic rings. The number of aryl methyl sites for hydroxylation is 1. The lowest BCUT2D eigenvalue weighted by Gasteiger charge is -2.26. The molecule has 26 heavy (non-hydrogen) atoms. The highest BCUT2D eigenvalue weighted by Crippen LogP contribution is 2.32. The molecule has 0 fully saturated rings. The molecule has 3 nitrogen and oxygen atoms in total. The third-order valence-corrected chi connectivity index (χ3v) is 4.66. The number of rotatable bonds is 5. The van der Waals surface area contributed by atoms with Crippen molar-refractivity contribution in [3.8, 4) is 0 Å². The van der Waals surface area contributed by atoms with E-state index in [2.05, 4.69) is 4.90 Å². The molecule has 138 valence electrons. The SMILES string of the molecule is [O-][n+]1ccc(CCCN2CC=C(c3cccc(C(F)(F)F)c3)CC2)cc1. The molecule has 2 aromatic rings. The van der Waals surface area contributed by atoms with E-state index in [1.807, 2.05) is 18.2 Å². The van der Waals surface area contributed by atoms with Crippen LogP contribution in [-0.4, -0.2) is 24.5 Å². The van der Waals surface area contributed by atoms with Gasteiger partial charge in [0.15, 0.2) is 12.4 Å². The van der Waals surface area contributed by atoms with Gasteiger partial charge in [0.25, 0.3) is 0 Å². The number of hydrogen-bond donors (Lipinski definition) is 0. The number of benzene rings is 1. The summed E-state index contributed by atoms with van der Waals surface area (Å²) in [7, 11) is 0. The van der Waals surface area contributed by atoms with E-state index in [9.17, 15) is 18.4 Å². The van der Waals surface area contributed by atoms with Gasteiger partial charge >= 0.3 is 6.18 Å². The summed E-state index contributed by atoms with van der Waals surface area (Å²) in [6.07, 6.45) is 3.36. The number of alkyl halides is 3. The molecule has 0 amide bonds. The third-order valence-electron chi connectivity index (χ3n) is 4.66. The zero-order valence-corrected chi connectivity index (χ0v) is 14.4. The maximum absolute atomic E-state index is 12.9. The van der Waals surface area contributed by atoms with Crippen molar-refractivity contribution in [2.75, 3.05) is 19.6 Å². The summed E-state index contributed by atoms with van der Waals surface area (Å²) >= 11 is 0. The molecule has 3 rings (SSSR count). The third kappa shape index (κ3) is 4.85. The standard InChI is InChI=1S/C20H21F3N2O/c21-20(22,23)19-5-1-4-18(15-19)17-8-11-24(12-9-17)10-2-3-16-6-13-25(26)14-7-16/h1,4-8,13-15H,2-3,9-12H2. The van der Waals surface area contributed by atoms with Gasteiger partial charge in [-0.3, -0.25) is 4.90 Å². The van der Waals surface area contributed by atoms with Crippen LogP contribution in [0.3, 0.4) is 0 Å². The maximum atomic E-state index is 12.9. The molecular weight excluding hydrogens is 341 g/mol. The van der Waals surface area contributed by atoms with Gasteiger partial charge in [-0.1, -0.05) is 18.2 Å². The summed E-state index contributed by atoms with van der Waals surface area (Å²) in [6, 6.07) is 9.21. The lowest BCUT2D eigenvalue weighted by Crippen LogP contribution is -2.29. The number of aromatic nitrogens is 1. The Bertz CT molecular complexity index is 769. The van der Waals surface area contributed by atoms with Gasteiger partial charge in [0.1, 0.15) is 0 Å². The molecule has 1 aliphatic heterocycles. The van der Waals surface area contributed by atoms with Crippen molar-refractivity contribution in [3.05, 3.63) is 76.8 Å². The minimum Gasteiger partial charge on any atom is -0.619 e. The first-order valence-corrected chi connectivity index (χ1v) is 8.68. The predicted octanol–water partition coefficient (Wildman–Crippen LogP) is 4.06. The zero-order chi connectivity index (χ0) is 18.6. The van der Waals surface area contributed by atoms with Gasteiger partial charge in [0.05, 0.1) is 5.56 Å². The second-order valence-electron chi connectivity index (χ2n) is 6.53. The molecule has 0 aliphatic carbocycles. The lowest BCUT2D eigenvalue weighted by molar-refractivity contribution is -0.605. The molecule has 0 unspecified atom stereocenters. The Morgan fingerprint density at radius 3 is 2.54 bits per heavy atom. The van der Waals surface area contributed by atoms with Crippen LogP contribution in [0.4, 0.5) is 13.2 Å². The molecule has 0 N–H and O–H groups in total. The van der Waals surface area contributed by atoms with Gasteiger partial charge in [0, 0.05) is 25.2 Å². The second-order valence-corrected chi connectivity index (χ2v) is 6.53. The molecule has 0 atom stereocenters. The number of nitrogens with zero attached hydrogens (tertiary/aromatic N) is 2. The molecule has 2 heterocycles. The Morgan fingerprint density at radius 2 is 1.88 bits per heavy atom.